The molecule has 1 atom stereocenters. The highest BCUT2D eigenvalue weighted by Crippen LogP contribution is 2.23. The zero-order valence-corrected chi connectivity index (χ0v) is 12.6. The van der Waals surface area contributed by atoms with Gasteiger partial charge < -0.3 is 10.4 Å². The number of rotatable bonds is 4. The average molecular weight is 327 g/mol. The van der Waals surface area contributed by atoms with Gasteiger partial charge in [0.05, 0.1) is 0 Å². The number of carbonyl (C=O) groups is 1. The number of hydrogen-bond donors (Lipinski definition) is 2. The Labute approximate surface area is 121 Å². The fourth-order valence-electron chi connectivity index (χ4n) is 2.48. The molecule has 1 fully saturated rings. The lowest BCUT2D eigenvalue weighted by atomic mass is 9.90. The summed E-state index contributed by atoms with van der Waals surface area (Å²) < 4.78 is 1.01. The van der Waals surface area contributed by atoms with Crippen LogP contribution in [0.4, 0.5) is 0 Å². The van der Waals surface area contributed by atoms with Crippen molar-refractivity contribution in [3.63, 3.8) is 0 Å². The zero-order valence-electron chi connectivity index (χ0n) is 11.0. The van der Waals surface area contributed by atoms with Gasteiger partial charge in [0.1, 0.15) is 5.54 Å². The number of halogens is 1. The van der Waals surface area contributed by atoms with Gasteiger partial charge in [-0.1, -0.05) is 28.1 Å². The van der Waals surface area contributed by atoms with Crippen molar-refractivity contribution in [3.05, 3.63) is 34.3 Å². The second-order valence-corrected chi connectivity index (χ2v) is 6.03. The first-order valence-corrected chi connectivity index (χ1v) is 7.25. The molecule has 0 bridgehead atoms. The molecule has 1 saturated heterocycles. The quantitative estimate of drug-likeness (QED) is 0.885. The van der Waals surface area contributed by atoms with Crippen molar-refractivity contribution < 1.29 is 9.90 Å². The Balaban J connectivity index is 2.18. The van der Waals surface area contributed by atoms with E-state index in [-0.39, 0.29) is 0 Å². The van der Waals surface area contributed by atoms with Crippen molar-refractivity contribution in [1.29, 1.82) is 0 Å². The van der Waals surface area contributed by atoms with Crippen LogP contribution in [0.2, 0.25) is 0 Å². The third-order valence-electron chi connectivity index (χ3n) is 3.74. The van der Waals surface area contributed by atoms with Crippen LogP contribution in [0, 0.1) is 0 Å². The molecular weight excluding hydrogens is 308 g/mol. The highest BCUT2D eigenvalue weighted by atomic mass is 79.9. The summed E-state index contributed by atoms with van der Waals surface area (Å²) in [6, 6.07) is 7.87. The molecule has 1 aromatic carbocycles. The number of aliphatic carboxylic acids is 1. The molecule has 2 N–H and O–H groups in total. The van der Waals surface area contributed by atoms with Gasteiger partial charge in [-0.3, -0.25) is 9.69 Å². The van der Waals surface area contributed by atoms with Crippen molar-refractivity contribution in [2.75, 3.05) is 26.2 Å². The Hall–Kier alpha value is -0.910. The Kier molecular flexibility index (Phi) is 4.60. The third-order valence-corrected chi connectivity index (χ3v) is 4.27. The minimum absolute atomic E-state index is 0.523. The molecule has 19 heavy (non-hydrogen) atoms. The van der Waals surface area contributed by atoms with Gasteiger partial charge in [0.25, 0.3) is 0 Å². The Bertz CT molecular complexity index is 443. The van der Waals surface area contributed by atoms with E-state index in [1.54, 1.807) is 0 Å². The largest absolute Gasteiger partial charge is 0.480 e. The number of nitrogens with zero attached hydrogens (tertiary/aromatic N) is 1. The predicted molar refractivity (Wildman–Crippen MR) is 78.3 cm³/mol. The Morgan fingerprint density at radius 3 is 2.47 bits per heavy atom. The molecule has 5 heteroatoms. The maximum atomic E-state index is 11.7. The van der Waals surface area contributed by atoms with Gasteiger partial charge in [-0.05, 0) is 24.6 Å². The molecular formula is C14H19BrN2O2. The summed E-state index contributed by atoms with van der Waals surface area (Å²) in [6.45, 7) is 5.08. The van der Waals surface area contributed by atoms with Gasteiger partial charge in [-0.2, -0.15) is 0 Å². The van der Waals surface area contributed by atoms with Crippen molar-refractivity contribution >= 4 is 21.9 Å². The van der Waals surface area contributed by atoms with Gasteiger partial charge in [0, 0.05) is 37.1 Å². The third kappa shape index (κ3) is 3.35. The van der Waals surface area contributed by atoms with E-state index in [0.29, 0.717) is 6.42 Å². The number of hydrogen-bond acceptors (Lipinski definition) is 3. The van der Waals surface area contributed by atoms with E-state index in [9.17, 15) is 9.90 Å². The lowest BCUT2D eigenvalue weighted by molar-refractivity contribution is -0.151. The molecule has 0 aliphatic carbocycles. The lowest BCUT2D eigenvalue weighted by Crippen LogP contribution is -2.59. The van der Waals surface area contributed by atoms with Gasteiger partial charge in [0.15, 0.2) is 0 Å². The summed E-state index contributed by atoms with van der Waals surface area (Å²) in [5, 5.41) is 12.9. The molecule has 2 rings (SSSR count). The van der Waals surface area contributed by atoms with Gasteiger partial charge >= 0.3 is 5.97 Å². The summed E-state index contributed by atoms with van der Waals surface area (Å²) in [5.41, 5.74) is 0.210. The average Bonchev–Trinajstić information content (AvgIpc) is 2.42. The normalized spacial score (nSPS) is 19.9. The number of piperazine rings is 1. The van der Waals surface area contributed by atoms with Crippen molar-refractivity contribution in [2.24, 2.45) is 0 Å². The first-order chi connectivity index (χ1) is 9.02. The molecule has 1 heterocycles. The van der Waals surface area contributed by atoms with E-state index in [1.807, 2.05) is 31.2 Å². The number of benzene rings is 1. The van der Waals surface area contributed by atoms with E-state index in [0.717, 1.165) is 36.2 Å². The fourth-order valence-corrected chi connectivity index (χ4v) is 2.75. The van der Waals surface area contributed by atoms with Crippen molar-refractivity contribution in [2.45, 2.75) is 18.9 Å². The molecule has 1 aliphatic rings. The molecule has 4 nitrogen and oxygen atoms in total. The zero-order chi connectivity index (χ0) is 13.9. The van der Waals surface area contributed by atoms with E-state index in [2.05, 4.69) is 26.1 Å². The summed E-state index contributed by atoms with van der Waals surface area (Å²) in [6.07, 6.45) is 0.523. The molecule has 1 aromatic rings. The van der Waals surface area contributed by atoms with Gasteiger partial charge in [0.2, 0.25) is 0 Å². The highest BCUT2D eigenvalue weighted by molar-refractivity contribution is 9.10. The van der Waals surface area contributed by atoms with Gasteiger partial charge in [-0.15, -0.1) is 0 Å². The lowest BCUT2D eigenvalue weighted by Gasteiger charge is -2.40. The van der Waals surface area contributed by atoms with Crippen LogP contribution in [0.1, 0.15) is 12.5 Å². The maximum absolute atomic E-state index is 11.7. The predicted octanol–water partition coefficient (Wildman–Crippen LogP) is 1.74. The second kappa shape index (κ2) is 6.03. The number of carboxylic acids is 1. The first kappa shape index (κ1) is 14.5. The SMILES string of the molecule is CC(Cc1ccc(Br)cc1)(C(=O)O)N1CCNCC1. The summed E-state index contributed by atoms with van der Waals surface area (Å²) in [7, 11) is 0. The van der Waals surface area contributed by atoms with Crippen LogP contribution in [0.5, 0.6) is 0 Å². The van der Waals surface area contributed by atoms with Crippen LogP contribution in [-0.2, 0) is 11.2 Å². The smallest absolute Gasteiger partial charge is 0.324 e. The Morgan fingerprint density at radius 2 is 1.95 bits per heavy atom. The van der Waals surface area contributed by atoms with E-state index in [4.69, 9.17) is 0 Å². The van der Waals surface area contributed by atoms with Crippen LogP contribution in [0.3, 0.4) is 0 Å². The summed E-state index contributed by atoms with van der Waals surface area (Å²) >= 11 is 3.40. The first-order valence-electron chi connectivity index (χ1n) is 6.46. The van der Waals surface area contributed by atoms with Gasteiger partial charge in [-0.25, -0.2) is 0 Å². The van der Waals surface area contributed by atoms with E-state index >= 15 is 0 Å². The standard InChI is InChI=1S/C14H19BrN2O2/c1-14(13(18)19,17-8-6-16-7-9-17)10-11-2-4-12(15)5-3-11/h2-5,16H,6-10H2,1H3,(H,18,19). The Morgan fingerprint density at radius 1 is 1.37 bits per heavy atom. The maximum Gasteiger partial charge on any atom is 0.324 e. The molecule has 104 valence electrons. The molecule has 0 saturated carbocycles. The number of nitrogens with one attached hydrogen (secondary N) is 1. The van der Waals surface area contributed by atoms with Crippen LogP contribution < -0.4 is 5.32 Å². The fraction of sp³-hybridized carbons (Fsp3) is 0.500. The number of carboxylic acid groups (broad SMARTS) is 1. The van der Waals surface area contributed by atoms with E-state index < -0.39 is 11.5 Å². The second-order valence-electron chi connectivity index (χ2n) is 5.12. The van der Waals surface area contributed by atoms with Crippen molar-refractivity contribution in [3.8, 4) is 0 Å². The minimum Gasteiger partial charge on any atom is -0.480 e. The van der Waals surface area contributed by atoms with Crippen LogP contribution in [0.25, 0.3) is 0 Å². The monoisotopic (exact) mass is 326 g/mol. The molecule has 0 aromatic heterocycles. The summed E-state index contributed by atoms with van der Waals surface area (Å²) in [4.78, 5) is 13.8. The molecule has 1 aliphatic heterocycles. The summed E-state index contributed by atoms with van der Waals surface area (Å²) in [5.74, 6) is -0.752. The van der Waals surface area contributed by atoms with Crippen LogP contribution in [0.15, 0.2) is 28.7 Å². The highest BCUT2D eigenvalue weighted by Gasteiger charge is 2.39. The molecule has 0 radical (unpaired) electrons. The minimum atomic E-state index is -0.837. The van der Waals surface area contributed by atoms with E-state index in [1.165, 1.54) is 0 Å². The molecule has 1 unspecified atom stereocenters. The van der Waals surface area contributed by atoms with Crippen LogP contribution >= 0.6 is 15.9 Å². The molecule has 0 amide bonds. The van der Waals surface area contributed by atoms with Crippen molar-refractivity contribution in [1.82, 2.24) is 10.2 Å². The topological polar surface area (TPSA) is 52.6 Å². The van der Waals surface area contributed by atoms with Crippen LogP contribution in [-0.4, -0.2) is 47.7 Å². The molecule has 0 spiro atoms.